The molecule has 100 valence electrons. The highest BCUT2D eigenvalue weighted by atomic mass is 32.1. The highest BCUT2D eigenvalue weighted by molar-refractivity contribution is 7.12. The van der Waals surface area contributed by atoms with Crippen LogP contribution >= 0.6 is 11.3 Å². The van der Waals surface area contributed by atoms with Gasteiger partial charge in [-0.25, -0.2) is 0 Å². The fourth-order valence-corrected chi connectivity index (χ4v) is 2.21. The number of carbonyl (C=O) groups is 2. The minimum Gasteiger partial charge on any atom is -0.342 e. The second kappa shape index (κ2) is 5.66. The van der Waals surface area contributed by atoms with Gasteiger partial charge in [-0.2, -0.15) is 5.10 Å². The highest BCUT2D eigenvalue weighted by Crippen LogP contribution is 2.08. The molecule has 0 aromatic carbocycles. The van der Waals surface area contributed by atoms with Gasteiger partial charge in [0.25, 0.3) is 5.91 Å². The molecule has 0 saturated carbocycles. The number of hydrogen-bond acceptors (Lipinski definition) is 4. The summed E-state index contributed by atoms with van der Waals surface area (Å²) in [6.07, 6.45) is 0. The predicted octanol–water partition coefficient (Wildman–Crippen LogP) is 1.16. The Labute approximate surface area is 114 Å². The summed E-state index contributed by atoms with van der Waals surface area (Å²) >= 11 is 1.33. The molecule has 0 spiro atoms. The van der Waals surface area contributed by atoms with Crippen molar-refractivity contribution in [1.82, 2.24) is 15.1 Å². The molecule has 19 heavy (non-hydrogen) atoms. The SMILES string of the molecule is Cc1cc(NC(=O)CNC(=O)c2cccs2)n(C)n1. The quantitative estimate of drug-likeness (QED) is 0.881. The van der Waals surface area contributed by atoms with Gasteiger partial charge in [0.15, 0.2) is 0 Å². The Hall–Kier alpha value is -2.15. The smallest absolute Gasteiger partial charge is 0.261 e. The summed E-state index contributed by atoms with van der Waals surface area (Å²) in [7, 11) is 1.74. The average Bonchev–Trinajstić information content (AvgIpc) is 2.97. The van der Waals surface area contributed by atoms with Crippen LogP contribution < -0.4 is 10.6 Å². The van der Waals surface area contributed by atoms with Gasteiger partial charge in [-0.05, 0) is 18.4 Å². The van der Waals surface area contributed by atoms with Gasteiger partial charge in [-0.15, -0.1) is 11.3 Å². The Bertz CT molecular complexity index is 589. The molecule has 0 saturated heterocycles. The number of nitrogens with one attached hydrogen (secondary N) is 2. The predicted molar refractivity (Wildman–Crippen MR) is 73.2 cm³/mol. The molecule has 2 N–H and O–H groups in total. The normalized spacial score (nSPS) is 10.2. The molecule has 0 bridgehead atoms. The molecule has 6 nitrogen and oxygen atoms in total. The first-order chi connectivity index (χ1) is 9.06. The van der Waals surface area contributed by atoms with E-state index in [1.54, 1.807) is 29.9 Å². The second-order valence-electron chi connectivity index (χ2n) is 4.00. The summed E-state index contributed by atoms with van der Waals surface area (Å²) in [5.41, 5.74) is 0.820. The lowest BCUT2D eigenvalue weighted by Crippen LogP contribution is -2.32. The number of nitrogens with zero attached hydrogens (tertiary/aromatic N) is 2. The van der Waals surface area contributed by atoms with Gasteiger partial charge in [-0.1, -0.05) is 6.07 Å². The molecule has 2 heterocycles. The fourth-order valence-electron chi connectivity index (χ4n) is 1.57. The summed E-state index contributed by atoms with van der Waals surface area (Å²) < 4.78 is 1.58. The summed E-state index contributed by atoms with van der Waals surface area (Å²) in [4.78, 5) is 23.9. The number of anilines is 1. The monoisotopic (exact) mass is 278 g/mol. The average molecular weight is 278 g/mol. The first-order valence-electron chi connectivity index (χ1n) is 5.68. The molecule has 0 aliphatic heterocycles. The third-order valence-corrected chi connectivity index (χ3v) is 3.29. The lowest BCUT2D eigenvalue weighted by atomic mass is 10.4. The molecule has 2 rings (SSSR count). The molecule has 0 atom stereocenters. The van der Waals surface area contributed by atoms with Gasteiger partial charge in [-0.3, -0.25) is 14.3 Å². The molecular weight excluding hydrogens is 264 g/mol. The van der Waals surface area contributed by atoms with Crippen molar-refractivity contribution >= 4 is 29.0 Å². The molecule has 2 aromatic heterocycles. The standard InChI is InChI=1S/C12H14N4O2S/c1-8-6-10(16(2)15-8)14-11(17)7-13-12(18)9-4-3-5-19-9/h3-6H,7H2,1-2H3,(H,13,18)(H,14,17). The van der Waals surface area contributed by atoms with Crippen molar-refractivity contribution in [2.45, 2.75) is 6.92 Å². The Morgan fingerprint density at radius 2 is 2.26 bits per heavy atom. The van der Waals surface area contributed by atoms with Gasteiger partial charge in [0.05, 0.1) is 17.1 Å². The number of rotatable bonds is 4. The van der Waals surface area contributed by atoms with Gasteiger partial charge in [0, 0.05) is 13.1 Å². The van der Waals surface area contributed by atoms with Crippen LogP contribution in [0.2, 0.25) is 0 Å². The number of thiophene rings is 1. The van der Waals surface area contributed by atoms with E-state index in [0.29, 0.717) is 10.7 Å². The van der Waals surface area contributed by atoms with Crippen LogP contribution in [-0.2, 0) is 11.8 Å². The van der Waals surface area contributed by atoms with E-state index in [1.807, 2.05) is 12.3 Å². The number of aromatic nitrogens is 2. The van der Waals surface area contributed by atoms with E-state index < -0.39 is 0 Å². The van der Waals surface area contributed by atoms with Crippen molar-refractivity contribution in [1.29, 1.82) is 0 Å². The molecule has 7 heteroatoms. The lowest BCUT2D eigenvalue weighted by Gasteiger charge is -2.06. The topological polar surface area (TPSA) is 76.0 Å². The van der Waals surface area contributed by atoms with Crippen molar-refractivity contribution < 1.29 is 9.59 Å². The van der Waals surface area contributed by atoms with E-state index in [2.05, 4.69) is 15.7 Å². The third kappa shape index (κ3) is 3.41. The van der Waals surface area contributed by atoms with E-state index in [9.17, 15) is 9.59 Å². The Balaban J connectivity index is 1.85. The lowest BCUT2D eigenvalue weighted by molar-refractivity contribution is -0.115. The van der Waals surface area contributed by atoms with E-state index >= 15 is 0 Å². The molecular formula is C12H14N4O2S. The molecule has 0 radical (unpaired) electrons. The maximum Gasteiger partial charge on any atom is 0.261 e. The molecule has 0 aliphatic rings. The Morgan fingerprint density at radius 1 is 1.47 bits per heavy atom. The zero-order valence-corrected chi connectivity index (χ0v) is 11.5. The van der Waals surface area contributed by atoms with Crippen LogP contribution in [0, 0.1) is 6.92 Å². The largest absolute Gasteiger partial charge is 0.342 e. The van der Waals surface area contributed by atoms with Gasteiger partial charge >= 0.3 is 0 Å². The summed E-state index contributed by atoms with van der Waals surface area (Å²) in [6.45, 7) is 1.77. The Morgan fingerprint density at radius 3 is 2.84 bits per heavy atom. The van der Waals surface area contributed by atoms with Gasteiger partial charge < -0.3 is 10.6 Å². The van der Waals surface area contributed by atoms with E-state index in [4.69, 9.17) is 0 Å². The number of hydrogen-bond donors (Lipinski definition) is 2. The third-order valence-electron chi connectivity index (χ3n) is 2.42. The fraction of sp³-hybridized carbons (Fsp3) is 0.250. The number of aryl methyl sites for hydroxylation is 2. The van der Waals surface area contributed by atoms with Gasteiger partial charge in [0.1, 0.15) is 5.82 Å². The maximum atomic E-state index is 11.7. The van der Waals surface area contributed by atoms with Crippen molar-refractivity contribution in [3.63, 3.8) is 0 Å². The molecule has 0 aliphatic carbocycles. The first kappa shape index (κ1) is 13.3. The van der Waals surface area contributed by atoms with Crippen LogP contribution in [0.5, 0.6) is 0 Å². The zero-order valence-electron chi connectivity index (χ0n) is 10.6. The number of amides is 2. The van der Waals surface area contributed by atoms with Crippen LogP contribution in [0.15, 0.2) is 23.6 Å². The van der Waals surface area contributed by atoms with Crippen molar-refractivity contribution in [2.75, 3.05) is 11.9 Å². The zero-order chi connectivity index (χ0) is 13.8. The summed E-state index contributed by atoms with van der Waals surface area (Å²) in [5, 5.41) is 11.2. The van der Waals surface area contributed by atoms with Crippen LogP contribution in [0.25, 0.3) is 0 Å². The summed E-state index contributed by atoms with van der Waals surface area (Å²) in [6, 6.07) is 5.26. The number of carbonyl (C=O) groups excluding carboxylic acids is 2. The van der Waals surface area contributed by atoms with Crippen molar-refractivity contribution in [3.8, 4) is 0 Å². The molecule has 0 fully saturated rings. The highest BCUT2D eigenvalue weighted by Gasteiger charge is 2.10. The minimum absolute atomic E-state index is 0.0685. The second-order valence-corrected chi connectivity index (χ2v) is 4.95. The molecule has 2 amide bonds. The minimum atomic E-state index is -0.284. The Kier molecular flexibility index (Phi) is 3.96. The van der Waals surface area contributed by atoms with Crippen LogP contribution in [0.4, 0.5) is 5.82 Å². The molecule has 2 aromatic rings. The van der Waals surface area contributed by atoms with Crippen molar-refractivity contribution in [3.05, 3.63) is 34.2 Å². The summed E-state index contributed by atoms with van der Waals surface area (Å²) in [5.74, 6) is 0.0760. The first-order valence-corrected chi connectivity index (χ1v) is 6.56. The van der Waals surface area contributed by atoms with Crippen LogP contribution in [-0.4, -0.2) is 28.1 Å². The van der Waals surface area contributed by atoms with Crippen molar-refractivity contribution in [2.24, 2.45) is 7.05 Å². The van der Waals surface area contributed by atoms with E-state index in [0.717, 1.165) is 5.69 Å². The van der Waals surface area contributed by atoms with E-state index in [-0.39, 0.29) is 18.4 Å². The maximum absolute atomic E-state index is 11.7. The van der Waals surface area contributed by atoms with Crippen LogP contribution in [0.3, 0.4) is 0 Å². The molecule has 0 unspecified atom stereocenters. The van der Waals surface area contributed by atoms with Gasteiger partial charge in [0.2, 0.25) is 5.91 Å². The van der Waals surface area contributed by atoms with E-state index in [1.165, 1.54) is 11.3 Å². The van der Waals surface area contributed by atoms with Crippen LogP contribution in [0.1, 0.15) is 15.4 Å².